The van der Waals surface area contributed by atoms with Gasteiger partial charge in [0.25, 0.3) is 0 Å². The molecule has 0 N–H and O–H groups in total. The van der Waals surface area contributed by atoms with E-state index in [1.165, 1.54) is 0 Å². The second-order valence-corrected chi connectivity index (χ2v) is 7.85. The molecular formula is C23H22BrN5O3. The molecule has 8 nitrogen and oxygen atoms in total. The predicted molar refractivity (Wildman–Crippen MR) is 125 cm³/mol. The number of allylic oxidation sites excluding steroid dienone is 1. The molecule has 0 spiro atoms. The molecule has 0 amide bonds. The fourth-order valence-corrected chi connectivity index (χ4v) is 3.95. The van der Waals surface area contributed by atoms with Gasteiger partial charge in [0.05, 0.1) is 38.7 Å². The molecule has 0 unspecified atom stereocenters. The van der Waals surface area contributed by atoms with Crippen molar-refractivity contribution in [3.05, 3.63) is 58.3 Å². The maximum atomic E-state index is 10.0. The molecule has 0 aliphatic carbocycles. The molecule has 2 aromatic carbocycles. The zero-order valence-electron chi connectivity index (χ0n) is 17.8. The van der Waals surface area contributed by atoms with Crippen molar-refractivity contribution in [2.24, 2.45) is 0 Å². The van der Waals surface area contributed by atoms with Crippen LogP contribution in [0.3, 0.4) is 0 Å². The molecule has 2 heterocycles. The highest BCUT2D eigenvalue weighted by Gasteiger charge is 2.23. The van der Waals surface area contributed by atoms with Gasteiger partial charge in [-0.15, -0.1) is 10.2 Å². The lowest BCUT2D eigenvalue weighted by atomic mass is 10.1. The lowest BCUT2D eigenvalue weighted by Gasteiger charge is -2.28. The minimum Gasteiger partial charge on any atom is -0.493 e. The molecule has 1 fully saturated rings. The number of aromatic nitrogens is 3. The summed E-state index contributed by atoms with van der Waals surface area (Å²) in [5.74, 6) is 2.30. The van der Waals surface area contributed by atoms with Crippen molar-refractivity contribution in [2.75, 3.05) is 45.4 Å². The van der Waals surface area contributed by atoms with Crippen LogP contribution in [0.25, 0.3) is 17.3 Å². The molecule has 164 valence electrons. The molecule has 1 saturated heterocycles. The van der Waals surface area contributed by atoms with Crippen LogP contribution in [0, 0.1) is 11.3 Å². The minimum atomic E-state index is 0.369. The van der Waals surface area contributed by atoms with Crippen molar-refractivity contribution in [3.63, 3.8) is 0 Å². The zero-order chi connectivity index (χ0) is 22.5. The number of rotatable bonds is 6. The summed E-state index contributed by atoms with van der Waals surface area (Å²) in [6.07, 6.45) is 1.76. The molecule has 32 heavy (non-hydrogen) atoms. The first-order valence-corrected chi connectivity index (χ1v) is 10.8. The van der Waals surface area contributed by atoms with Gasteiger partial charge in [-0.25, -0.2) is 0 Å². The van der Waals surface area contributed by atoms with Crippen molar-refractivity contribution in [1.82, 2.24) is 14.8 Å². The monoisotopic (exact) mass is 495 g/mol. The van der Waals surface area contributed by atoms with Gasteiger partial charge in [-0.2, -0.15) is 5.26 Å². The number of hydrogen-bond donors (Lipinski definition) is 0. The van der Waals surface area contributed by atoms with Crippen molar-refractivity contribution in [1.29, 1.82) is 5.26 Å². The van der Waals surface area contributed by atoms with E-state index < -0.39 is 0 Å². The van der Waals surface area contributed by atoms with E-state index in [0.717, 1.165) is 15.7 Å². The number of hydrogen-bond acceptors (Lipinski definition) is 7. The van der Waals surface area contributed by atoms with Gasteiger partial charge >= 0.3 is 0 Å². The number of methoxy groups -OCH3 is 2. The highest BCUT2D eigenvalue weighted by Crippen LogP contribution is 2.35. The topological polar surface area (TPSA) is 85.4 Å². The highest BCUT2D eigenvalue weighted by molar-refractivity contribution is 9.10. The summed E-state index contributed by atoms with van der Waals surface area (Å²) < 4.78 is 18.9. The molecule has 9 heteroatoms. The second-order valence-electron chi connectivity index (χ2n) is 6.99. The van der Waals surface area contributed by atoms with E-state index in [1.54, 1.807) is 26.4 Å². The fourth-order valence-electron chi connectivity index (χ4n) is 3.52. The van der Waals surface area contributed by atoms with Gasteiger partial charge in [0, 0.05) is 17.6 Å². The number of halogens is 1. The van der Waals surface area contributed by atoms with Crippen LogP contribution >= 0.6 is 15.9 Å². The lowest BCUT2D eigenvalue weighted by Crippen LogP contribution is -2.38. The summed E-state index contributed by atoms with van der Waals surface area (Å²) in [5.41, 5.74) is 2.00. The molecule has 1 aliphatic heterocycles. The molecule has 4 rings (SSSR count). The van der Waals surface area contributed by atoms with Crippen LogP contribution in [0.2, 0.25) is 0 Å². The van der Waals surface area contributed by atoms with Crippen LogP contribution in [0.4, 0.5) is 5.95 Å². The van der Waals surface area contributed by atoms with E-state index in [2.05, 4.69) is 37.1 Å². The number of nitrogens with zero attached hydrogens (tertiary/aromatic N) is 5. The molecule has 0 atom stereocenters. The lowest BCUT2D eigenvalue weighted by molar-refractivity contribution is 0.122. The Morgan fingerprint density at radius 3 is 2.44 bits per heavy atom. The summed E-state index contributed by atoms with van der Waals surface area (Å²) in [7, 11) is 3.15. The molecule has 0 saturated carbocycles. The Labute approximate surface area is 194 Å². The summed E-state index contributed by atoms with van der Waals surface area (Å²) in [6, 6.07) is 15.7. The molecule has 1 aromatic heterocycles. The normalized spacial score (nSPS) is 14.2. The maximum absolute atomic E-state index is 10.0. The number of benzene rings is 2. The molecular weight excluding hydrogens is 474 g/mol. The Hall–Kier alpha value is -3.35. The first-order valence-electron chi connectivity index (χ1n) is 10.0. The van der Waals surface area contributed by atoms with Crippen LogP contribution in [0.1, 0.15) is 11.4 Å². The van der Waals surface area contributed by atoms with Gasteiger partial charge in [0.2, 0.25) is 5.95 Å². The van der Waals surface area contributed by atoms with Crippen molar-refractivity contribution < 1.29 is 14.2 Å². The van der Waals surface area contributed by atoms with Crippen LogP contribution in [0.15, 0.2) is 46.9 Å². The van der Waals surface area contributed by atoms with Gasteiger partial charge in [-0.05, 0) is 35.9 Å². The van der Waals surface area contributed by atoms with Gasteiger partial charge < -0.3 is 19.1 Å². The summed E-state index contributed by atoms with van der Waals surface area (Å²) in [4.78, 5) is 2.12. The quantitative estimate of drug-likeness (QED) is 0.478. The van der Waals surface area contributed by atoms with E-state index >= 15 is 0 Å². The summed E-state index contributed by atoms with van der Waals surface area (Å²) >= 11 is 3.56. The first-order chi connectivity index (χ1) is 15.7. The summed E-state index contributed by atoms with van der Waals surface area (Å²) in [5, 5.41) is 18.9. The maximum Gasteiger partial charge on any atom is 0.232 e. The van der Waals surface area contributed by atoms with Crippen molar-refractivity contribution >= 4 is 33.5 Å². The van der Waals surface area contributed by atoms with Gasteiger partial charge in [-0.3, -0.25) is 4.57 Å². The second kappa shape index (κ2) is 9.85. The van der Waals surface area contributed by atoms with Crippen LogP contribution in [-0.2, 0) is 4.74 Å². The Morgan fingerprint density at radius 1 is 1.09 bits per heavy atom. The number of ether oxygens (including phenoxy) is 3. The van der Waals surface area contributed by atoms with Crippen molar-refractivity contribution in [3.8, 4) is 23.3 Å². The van der Waals surface area contributed by atoms with E-state index in [-0.39, 0.29) is 0 Å². The highest BCUT2D eigenvalue weighted by atomic mass is 79.9. The standard InChI is InChI=1S/C23H22BrN5O3/c1-30-20-13-16(19(24)14-21(20)31-2)12-17(15-25)22-26-27-23(28-8-10-32-11-9-28)29(22)18-6-4-3-5-7-18/h3-7,12-14H,8-11H2,1-2H3/b17-12+. The largest absolute Gasteiger partial charge is 0.493 e. The molecule has 1 aliphatic rings. The van der Waals surface area contributed by atoms with Gasteiger partial charge in [0.1, 0.15) is 6.07 Å². The molecule has 0 radical (unpaired) electrons. The van der Waals surface area contributed by atoms with E-state index in [0.29, 0.717) is 55.1 Å². The number of morpholine rings is 1. The summed E-state index contributed by atoms with van der Waals surface area (Å²) in [6.45, 7) is 2.66. The SMILES string of the molecule is COc1cc(Br)c(/C=C(\C#N)c2nnc(N3CCOCC3)n2-c2ccccc2)cc1OC. The van der Waals surface area contributed by atoms with Crippen molar-refractivity contribution in [2.45, 2.75) is 0 Å². The van der Waals surface area contributed by atoms with Crippen LogP contribution in [0.5, 0.6) is 11.5 Å². The van der Waals surface area contributed by atoms with Crippen LogP contribution in [-0.4, -0.2) is 55.3 Å². The third-order valence-corrected chi connectivity index (χ3v) is 5.81. The Morgan fingerprint density at radius 2 is 1.78 bits per heavy atom. The molecule has 0 bridgehead atoms. The van der Waals surface area contributed by atoms with Crippen LogP contribution < -0.4 is 14.4 Å². The smallest absolute Gasteiger partial charge is 0.232 e. The zero-order valence-corrected chi connectivity index (χ0v) is 19.4. The third-order valence-electron chi connectivity index (χ3n) is 5.12. The fraction of sp³-hybridized carbons (Fsp3) is 0.261. The number of para-hydroxylation sites is 1. The Kier molecular flexibility index (Phi) is 6.73. The number of anilines is 1. The van der Waals surface area contributed by atoms with Gasteiger partial charge in [0.15, 0.2) is 17.3 Å². The van der Waals surface area contributed by atoms with E-state index in [1.807, 2.05) is 41.0 Å². The predicted octanol–water partition coefficient (Wildman–Crippen LogP) is 3.95. The minimum absolute atomic E-state index is 0.369. The molecule has 3 aromatic rings. The Balaban J connectivity index is 1.85. The average Bonchev–Trinajstić information content (AvgIpc) is 3.29. The average molecular weight is 496 g/mol. The number of nitriles is 1. The van der Waals surface area contributed by atoms with E-state index in [4.69, 9.17) is 14.2 Å². The Bertz CT molecular complexity index is 1160. The van der Waals surface area contributed by atoms with E-state index in [9.17, 15) is 5.26 Å². The van der Waals surface area contributed by atoms with Gasteiger partial charge in [-0.1, -0.05) is 34.1 Å². The third kappa shape index (κ3) is 4.33. The first kappa shape index (κ1) is 21.9.